The van der Waals surface area contributed by atoms with Crippen molar-refractivity contribution < 1.29 is 29.0 Å². The van der Waals surface area contributed by atoms with Crippen LogP contribution < -0.4 is 10.4 Å². The van der Waals surface area contributed by atoms with Crippen molar-refractivity contribution in [3.8, 4) is 0 Å². The standard InChI is InChI=1S/C14H17NO6/c1-2-20-13(18)11(8-12(16)17)15-14(19)21-9-10-6-4-3-5-7-10/h3-7,11H,2,8-9H2,1H3,(H,15,19)(H,16,17)/p-1/t11-/m0/s1. The van der Waals surface area contributed by atoms with Crippen molar-refractivity contribution in [2.75, 3.05) is 6.61 Å². The molecule has 0 aliphatic carbocycles. The minimum Gasteiger partial charge on any atom is -0.550 e. The molecule has 0 aliphatic rings. The minimum atomic E-state index is -1.48. The number of hydrogen-bond acceptors (Lipinski definition) is 6. The van der Waals surface area contributed by atoms with Gasteiger partial charge in [0.25, 0.3) is 0 Å². The Labute approximate surface area is 121 Å². The van der Waals surface area contributed by atoms with Gasteiger partial charge in [-0.15, -0.1) is 0 Å². The molecule has 1 aromatic rings. The number of nitrogens with one attached hydrogen (secondary N) is 1. The summed E-state index contributed by atoms with van der Waals surface area (Å²) in [5.41, 5.74) is 0.764. The molecule has 0 heterocycles. The van der Waals surface area contributed by atoms with Crippen LogP contribution in [0.15, 0.2) is 30.3 Å². The van der Waals surface area contributed by atoms with E-state index in [0.717, 1.165) is 5.56 Å². The van der Waals surface area contributed by atoms with Gasteiger partial charge in [0, 0.05) is 12.4 Å². The molecule has 0 saturated heterocycles. The molecule has 0 aromatic heterocycles. The van der Waals surface area contributed by atoms with Gasteiger partial charge in [0.05, 0.1) is 6.61 Å². The van der Waals surface area contributed by atoms with Gasteiger partial charge in [0.1, 0.15) is 12.6 Å². The first-order valence-electron chi connectivity index (χ1n) is 6.36. The van der Waals surface area contributed by atoms with Crippen LogP contribution in [0.2, 0.25) is 0 Å². The van der Waals surface area contributed by atoms with Crippen molar-refractivity contribution in [1.82, 2.24) is 5.32 Å². The Kier molecular flexibility index (Phi) is 6.73. The topological polar surface area (TPSA) is 105 Å². The van der Waals surface area contributed by atoms with E-state index in [0.29, 0.717) is 0 Å². The number of amides is 1. The lowest BCUT2D eigenvalue weighted by Gasteiger charge is -2.17. The number of carbonyl (C=O) groups is 3. The summed E-state index contributed by atoms with van der Waals surface area (Å²) >= 11 is 0. The Morgan fingerprint density at radius 1 is 1.19 bits per heavy atom. The molecular formula is C14H16NO6-. The molecule has 7 heteroatoms. The zero-order chi connectivity index (χ0) is 15.7. The number of aliphatic carboxylic acids is 1. The first kappa shape index (κ1) is 16.5. The molecule has 1 rings (SSSR count). The Balaban J connectivity index is 2.51. The third-order valence-electron chi connectivity index (χ3n) is 2.45. The highest BCUT2D eigenvalue weighted by atomic mass is 16.6. The first-order chi connectivity index (χ1) is 10.0. The SMILES string of the molecule is CCOC(=O)[C@H](CC(=O)[O-])NC(=O)OCc1ccccc1. The maximum atomic E-state index is 11.6. The van der Waals surface area contributed by atoms with E-state index in [1.54, 1.807) is 31.2 Å². The van der Waals surface area contributed by atoms with Gasteiger partial charge in [-0.05, 0) is 12.5 Å². The summed E-state index contributed by atoms with van der Waals surface area (Å²) in [4.78, 5) is 33.6. The highest BCUT2D eigenvalue weighted by Gasteiger charge is 2.22. The fourth-order valence-corrected chi connectivity index (χ4v) is 1.51. The average molecular weight is 294 g/mol. The van der Waals surface area contributed by atoms with Gasteiger partial charge in [0.15, 0.2) is 0 Å². The molecule has 0 unspecified atom stereocenters. The third-order valence-corrected chi connectivity index (χ3v) is 2.45. The maximum Gasteiger partial charge on any atom is 0.408 e. The molecule has 0 bridgehead atoms. The summed E-state index contributed by atoms with van der Waals surface area (Å²) < 4.78 is 9.57. The van der Waals surface area contributed by atoms with Crippen LogP contribution in [0.1, 0.15) is 18.9 Å². The summed E-state index contributed by atoms with van der Waals surface area (Å²) in [6.07, 6.45) is -1.59. The summed E-state index contributed by atoms with van der Waals surface area (Å²) in [5.74, 6) is -2.32. The van der Waals surface area contributed by atoms with E-state index in [4.69, 9.17) is 4.74 Å². The molecule has 0 spiro atoms. The molecule has 1 amide bonds. The molecule has 114 valence electrons. The van der Waals surface area contributed by atoms with E-state index in [9.17, 15) is 19.5 Å². The quantitative estimate of drug-likeness (QED) is 0.709. The molecule has 0 aliphatic heterocycles. The Bertz CT molecular complexity index is 487. The zero-order valence-electron chi connectivity index (χ0n) is 11.5. The summed E-state index contributed by atoms with van der Waals surface area (Å²) in [7, 11) is 0. The fourth-order valence-electron chi connectivity index (χ4n) is 1.51. The van der Waals surface area contributed by atoms with Gasteiger partial charge in [0.2, 0.25) is 0 Å². The van der Waals surface area contributed by atoms with Gasteiger partial charge in [-0.1, -0.05) is 30.3 Å². The molecule has 1 aromatic carbocycles. The summed E-state index contributed by atoms with van der Waals surface area (Å²) in [6, 6.07) is 7.58. The van der Waals surface area contributed by atoms with Crippen molar-refractivity contribution in [2.24, 2.45) is 0 Å². The van der Waals surface area contributed by atoms with E-state index >= 15 is 0 Å². The largest absolute Gasteiger partial charge is 0.550 e. The fraction of sp³-hybridized carbons (Fsp3) is 0.357. The second-order valence-corrected chi connectivity index (χ2v) is 4.09. The first-order valence-corrected chi connectivity index (χ1v) is 6.36. The van der Waals surface area contributed by atoms with E-state index in [-0.39, 0.29) is 13.2 Å². The third kappa shape index (κ3) is 6.42. The maximum absolute atomic E-state index is 11.6. The number of esters is 1. The smallest absolute Gasteiger partial charge is 0.408 e. The molecule has 21 heavy (non-hydrogen) atoms. The van der Waals surface area contributed by atoms with Crippen LogP contribution >= 0.6 is 0 Å². The normalized spacial score (nSPS) is 11.3. The van der Waals surface area contributed by atoms with Crippen LogP contribution in [0.5, 0.6) is 0 Å². The number of ether oxygens (including phenoxy) is 2. The van der Waals surface area contributed by atoms with E-state index < -0.39 is 30.5 Å². The van der Waals surface area contributed by atoms with Gasteiger partial charge < -0.3 is 24.7 Å². The molecule has 0 radical (unpaired) electrons. The van der Waals surface area contributed by atoms with E-state index in [1.807, 2.05) is 6.07 Å². The van der Waals surface area contributed by atoms with Crippen molar-refractivity contribution in [2.45, 2.75) is 26.0 Å². The molecule has 1 atom stereocenters. The second-order valence-electron chi connectivity index (χ2n) is 4.09. The molecule has 1 N–H and O–H groups in total. The number of alkyl carbamates (subject to hydrolysis) is 1. The van der Waals surface area contributed by atoms with Gasteiger partial charge >= 0.3 is 12.1 Å². The lowest BCUT2D eigenvalue weighted by molar-refractivity contribution is -0.306. The number of rotatable bonds is 7. The highest BCUT2D eigenvalue weighted by Crippen LogP contribution is 2.02. The Morgan fingerprint density at radius 3 is 2.43 bits per heavy atom. The van der Waals surface area contributed by atoms with Gasteiger partial charge in [-0.3, -0.25) is 0 Å². The number of carboxylic acids is 1. The molecule has 0 saturated carbocycles. The number of carbonyl (C=O) groups excluding carboxylic acids is 3. The Hall–Kier alpha value is -2.57. The van der Waals surface area contributed by atoms with Crippen LogP contribution in [0.4, 0.5) is 4.79 Å². The van der Waals surface area contributed by atoms with Crippen LogP contribution in [-0.4, -0.2) is 30.7 Å². The minimum absolute atomic E-state index is 0.00748. The number of carboxylic acid groups (broad SMARTS) is 1. The predicted octanol–water partition coefficient (Wildman–Crippen LogP) is -0.0155. The molecule has 0 fully saturated rings. The molecular weight excluding hydrogens is 278 g/mol. The zero-order valence-corrected chi connectivity index (χ0v) is 11.5. The van der Waals surface area contributed by atoms with E-state index in [1.165, 1.54) is 0 Å². The van der Waals surface area contributed by atoms with Crippen LogP contribution in [0, 0.1) is 0 Å². The van der Waals surface area contributed by atoms with Crippen molar-refractivity contribution in [3.63, 3.8) is 0 Å². The lowest BCUT2D eigenvalue weighted by Crippen LogP contribution is -2.45. The number of hydrogen-bond donors (Lipinski definition) is 1. The van der Waals surface area contributed by atoms with Crippen molar-refractivity contribution in [3.05, 3.63) is 35.9 Å². The van der Waals surface area contributed by atoms with Gasteiger partial charge in [-0.25, -0.2) is 9.59 Å². The van der Waals surface area contributed by atoms with E-state index in [2.05, 4.69) is 10.1 Å². The average Bonchev–Trinajstić information content (AvgIpc) is 2.45. The van der Waals surface area contributed by atoms with Crippen molar-refractivity contribution >= 4 is 18.0 Å². The van der Waals surface area contributed by atoms with Crippen LogP contribution in [0.3, 0.4) is 0 Å². The van der Waals surface area contributed by atoms with Crippen LogP contribution in [0.25, 0.3) is 0 Å². The number of benzene rings is 1. The summed E-state index contributed by atoms with van der Waals surface area (Å²) in [5, 5.41) is 12.7. The monoisotopic (exact) mass is 294 g/mol. The second kappa shape index (κ2) is 8.57. The van der Waals surface area contributed by atoms with Gasteiger partial charge in [-0.2, -0.15) is 0 Å². The highest BCUT2D eigenvalue weighted by molar-refractivity contribution is 5.85. The molecule has 7 nitrogen and oxygen atoms in total. The summed E-state index contributed by atoms with van der Waals surface area (Å²) in [6.45, 7) is 1.65. The van der Waals surface area contributed by atoms with Crippen LogP contribution in [-0.2, 0) is 25.7 Å². The Morgan fingerprint density at radius 2 is 1.86 bits per heavy atom. The predicted molar refractivity (Wildman–Crippen MR) is 69.8 cm³/mol. The van der Waals surface area contributed by atoms with Crippen molar-refractivity contribution in [1.29, 1.82) is 0 Å². The lowest BCUT2D eigenvalue weighted by atomic mass is 10.2.